The normalized spacial score (nSPS) is 19.6. The molecule has 0 spiro atoms. The van der Waals surface area contributed by atoms with Crippen molar-refractivity contribution in [3.05, 3.63) is 33.8 Å². The molecule has 1 unspecified atom stereocenters. The maximum absolute atomic E-state index is 11.7. The zero-order valence-corrected chi connectivity index (χ0v) is 10.1. The van der Waals surface area contributed by atoms with E-state index in [0.717, 1.165) is 28.6 Å². The van der Waals surface area contributed by atoms with E-state index in [0.29, 0.717) is 0 Å². The Morgan fingerprint density at radius 2 is 2.40 bits per heavy atom. The highest BCUT2D eigenvalue weighted by molar-refractivity contribution is 9.10. The van der Waals surface area contributed by atoms with Crippen LogP contribution in [0.1, 0.15) is 15.9 Å². The lowest BCUT2D eigenvalue weighted by atomic mass is 9.95. The van der Waals surface area contributed by atoms with Crippen molar-refractivity contribution in [1.29, 1.82) is 0 Å². The van der Waals surface area contributed by atoms with Crippen molar-refractivity contribution in [2.75, 3.05) is 13.6 Å². The van der Waals surface area contributed by atoms with Gasteiger partial charge < -0.3 is 10.6 Å². The third kappa shape index (κ3) is 2.21. The van der Waals surface area contributed by atoms with Gasteiger partial charge in [-0.25, -0.2) is 0 Å². The van der Waals surface area contributed by atoms with Crippen LogP contribution < -0.4 is 10.6 Å². The summed E-state index contributed by atoms with van der Waals surface area (Å²) in [5.74, 6) is 0.0315. The monoisotopic (exact) mass is 268 g/mol. The standard InChI is InChI=1S/C11H13BrN2O/c1-13-6-9-5-7-4-8(12)2-3-10(7)11(15)14-9/h2-4,9,13H,5-6H2,1H3,(H,14,15). The van der Waals surface area contributed by atoms with Crippen molar-refractivity contribution < 1.29 is 4.79 Å². The first-order chi connectivity index (χ1) is 7.20. The van der Waals surface area contributed by atoms with Crippen LogP contribution in [0, 0.1) is 0 Å². The topological polar surface area (TPSA) is 41.1 Å². The molecule has 0 bridgehead atoms. The molecule has 0 radical (unpaired) electrons. The summed E-state index contributed by atoms with van der Waals surface area (Å²) < 4.78 is 1.03. The minimum atomic E-state index is 0.0315. The van der Waals surface area contributed by atoms with Gasteiger partial charge in [0.15, 0.2) is 0 Å². The number of halogens is 1. The lowest BCUT2D eigenvalue weighted by Crippen LogP contribution is -2.46. The van der Waals surface area contributed by atoms with Crippen molar-refractivity contribution in [2.45, 2.75) is 12.5 Å². The van der Waals surface area contributed by atoms with Crippen LogP contribution in [0.15, 0.2) is 22.7 Å². The smallest absolute Gasteiger partial charge is 0.251 e. The molecule has 2 N–H and O–H groups in total. The highest BCUT2D eigenvalue weighted by Gasteiger charge is 2.23. The van der Waals surface area contributed by atoms with E-state index in [1.807, 2.05) is 25.2 Å². The molecule has 0 saturated heterocycles. The lowest BCUT2D eigenvalue weighted by Gasteiger charge is -2.25. The molecular weight excluding hydrogens is 256 g/mol. The second kappa shape index (κ2) is 4.33. The molecule has 15 heavy (non-hydrogen) atoms. The molecule has 1 heterocycles. The summed E-state index contributed by atoms with van der Waals surface area (Å²) in [4.78, 5) is 11.7. The predicted molar refractivity (Wildman–Crippen MR) is 63.0 cm³/mol. The summed E-state index contributed by atoms with van der Waals surface area (Å²) >= 11 is 3.42. The van der Waals surface area contributed by atoms with Crippen LogP contribution in [-0.2, 0) is 6.42 Å². The van der Waals surface area contributed by atoms with E-state index in [2.05, 4.69) is 26.6 Å². The van der Waals surface area contributed by atoms with Gasteiger partial charge in [0.2, 0.25) is 0 Å². The molecule has 3 nitrogen and oxygen atoms in total. The zero-order valence-electron chi connectivity index (χ0n) is 8.51. The molecule has 4 heteroatoms. The van der Waals surface area contributed by atoms with E-state index in [1.165, 1.54) is 0 Å². The number of carbonyl (C=O) groups is 1. The van der Waals surface area contributed by atoms with Crippen molar-refractivity contribution >= 4 is 21.8 Å². The van der Waals surface area contributed by atoms with Crippen molar-refractivity contribution in [1.82, 2.24) is 10.6 Å². The third-order valence-corrected chi connectivity index (χ3v) is 3.06. The number of hydrogen-bond donors (Lipinski definition) is 2. The van der Waals surface area contributed by atoms with Crippen LogP contribution in [0.5, 0.6) is 0 Å². The Hall–Kier alpha value is -0.870. The molecule has 1 aromatic rings. The van der Waals surface area contributed by atoms with Crippen molar-refractivity contribution in [3.8, 4) is 0 Å². The Labute approximate surface area is 97.4 Å². The molecule has 0 fully saturated rings. The van der Waals surface area contributed by atoms with Gasteiger partial charge in [0.05, 0.1) is 0 Å². The minimum absolute atomic E-state index is 0.0315. The third-order valence-electron chi connectivity index (χ3n) is 2.56. The van der Waals surface area contributed by atoms with Gasteiger partial charge in [-0.1, -0.05) is 15.9 Å². The highest BCUT2D eigenvalue weighted by atomic mass is 79.9. The van der Waals surface area contributed by atoms with Gasteiger partial charge in [-0.05, 0) is 37.2 Å². The van der Waals surface area contributed by atoms with Crippen LogP contribution in [0.3, 0.4) is 0 Å². The fraction of sp³-hybridized carbons (Fsp3) is 0.364. The van der Waals surface area contributed by atoms with E-state index in [4.69, 9.17) is 0 Å². The molecule has 0 aromatic heterocycles. The fourth-order valence-corrected chi connectivity index (χ4v) is 2.31. The Morgan fingerprint density at radius 3 is 3.13 bits per heavy atom. The van der Waals surface area contributed by atoms with Gasteiger partial charge in [0, 0.05) is 22.6 Å². The molecule has 80 valence electrons. The Kier molecular flexibility index (Phi) is 3.07. The first kappa shape index (κ1) is 10.6. The molecule has 1 atom stereocenters. The van der Waals surface area contributed by atoms with E-state index in [-0.39, 0.29) is 11.9 Å². The van der Waals surface area contributed by atoms with Gasteiger partial charge in [-0.3, -0.25) is 4.79 Å². The van der Waals surface area contributed by atoms with Crippen LogP contribution in [0.2, 0.25) is 0 Å². The number of fused-ring (bicyclic) bond motifs is 1. The Morgan fingerprint density at radius 1 is 1.60 bits per heavy atom. The maximum Gasteiger partial charge on any atom is 0.251 e. The van der Waals surface area contributed by atoms with Gasteiger partial charge in [0.1, 0.15) is 0 Å². The van der Waals surface area contributed by atoms with Crippen LogP contribution in [0.25, 0.3) is 0 Å². The number of nitrogens with one attached hydrogen (secondary N) is 2. The molecule has 1 amide bonds. The minimum Gasteiger partial charge on any atom is -0.348 e. The van der Waals surface area contributed by atoms with E-state index < -0.39 is 0 Å². The summed E-state index contributed by atoms with van der Waals surface area (Å²) in [7, 11) is 1.89. The second-order valence-corrected chi connectivity index (χ2v) is 4.65. The maximum atomic E-state index is 11.7. The number of amides is 1. The predicted octanol–water partition coefficient (Wildman–Crippen LogP) is 1.32. The zero-order chi connectivity index (χ0) is 10.8. The molecule has 1 aromatic carbocycles. The summed E-state index contributed by atoms with van der Waals surface area (Å²) in [5, 5.41) is 6.05. The van der Waals surface area contributed by atoms with Gasteiger partial charge in [-0.2, -0.15) is 0 Å². The van der Waals surface area contributed by atoms with Crippen LogP contribution in [0.4, 0.5) is 0 Å². The van der Waals surface area contributed by atoms with Crippen molar-refractivity contribution in [3.63, 3.8) is 0 Å². The number of benzene rings is 1. The van der Waals surface area contributed by atoms with Crippen LogP contribution in [-0.4, -0.2) is 25.5 Å². The van der Waals surface area contributed by atoms with E-state index in [9.17, 15) is 4.79 Å². The van der Waals surface area contributed by atoms with E-state index in [1.54, 1.807) is 0 Å². The number of likely N-dealkylation sites (N-methyl/N-ethyl adjacent to an activating group) is 1. The van der Waals surface area contributed by atoms with Gasteiger partial charge >= 0.3 is 0 Å². The number of carbonyl (C=O) groups excluding carboxylic acids is 1. The summed E-state index contributed by atoms with van der Waals surface area (Å²) in [6.07, 6.45) is 0.890. The number of hydrogen-bond acceptors (Lipinski definition) is 2. The average Bonchev–Trinajstić information content (AvgIpc) is 2.17. The van der Waals surface area contributed by atoms with Crippen LogP contribution >= 0.6 is 15.9 Å². The summed E-state index contributed by atoms with van der Waals surface area (Å²) in [6, 6.07) is 5.99. The molecule has 2 rings (SSSR count). The number of rotatable bonds is 2. The SMILES string of the molecule is CNCC1Cc2cc(Br)ccc2C(=O)N1. The average molecular weight is 269 g/mol. The second-order valence-electron chi connectivity index (χ2n) is 3.73. The highest BCUT2D eigenvalue weighted by Crippen LogP contribution is 2.21. The first-order valence-corrected chi connectivity index (χ1v) is 5.74. The first-order valence-electron chi connectivity index (χ1n) is 4.94. The molecular formula is C11H13BrN2O. The molecule has 1 aliphatic rings. The van der Waals surface area contributed by atoms with Crippen molar-refractivity contribution in [2.24, 2.45) is 0 Å². The largest absolute Gasteiger partial charge is 0.348 e. The molecule has 0 aliphatic carbocycles. The van der Waals surface area contributed by atoms with E-state index >= 15 is 0 Å². The van der Waals surface area contributed by atoms with Gasteiger partial charge in [0.25, 0.3) is 5.91 Å². The summed E-state index contributed by atoms with van der Waals surface area (Å²) in [5.41, 5.74) is 1.92. The fourth-order valence-electron chi connectivity index (χ4n) is 1.90. The quantitative estimate of drug-likeness (QED) is 0.850. The van der Waals surface area contributed by atoms with Gasteiger partial charge in [-0.15, -0.1) is 0 Å². The lowest BCUT2D eigenvalue weighted by molar-refractivity contribution is 0.0925. The summed E-state index contributed by atoms with van der Waals surface area (Å²) in [6.45, 7) is 0.803. The Bertz CT molecular complexity index is 392. The Balaban J connectivity index is 2.29. The molecule has 1 aliphatic heterocycles. The molecule has 0 saturated carbocycles.